The van der Waals surface area contributed by atoms with Crippen molar-refractivity contribution in [2.75, 3.05) is 0 Å². The first kappa shape index (κ1) is 19.2. The minimum atomic E-state index is -0.653. The lowest BCUT2D eigenvalue weighted by Crippen LogP contribution is -2.00. The van der Waals surface area contributed by atoms with Gasteiger partial charge in [-0.3, -0.25) is 0 Å². The third-order valence-corrected chi connectivity index (χ3v) is 8.12. The summed E-state index contributed by atoms with van der Waals surface area (Å²) >= 11 is 0. The Morgan fingerprint density at radius 1 is 0.347 bits per heavy atom. The summed E-state index contributed by atoms with van der Waals surface area (Å²) in [5.41, 5.74) is 3.57. The van der Waals surface area contributed by atoms with Crippen LogP contribution in [0.3, 0.4) is 0 Å². The van der Waals surface area contributed by atoms with E-state index in [1.807, 2.05) is 60.7 Å². The Bertz CT molecular complexity index is 3200. The molecule has 0 spiro atoms. The molecule has 0 saturated heterocycles. The number of rotatable bonds is 6. The zero-order valence-corrected chi connectivity index (χ0v) is 25.6. The highest BCUT2D eigenvalue weighted by Crippen LogP contribution is 2.34. The maximum absolute atomic E-state index is 9.46. The Labute approximate surface area is 299 Å². The molecule has 0 unspecified atom stereocenters. The van der Waals surface area contributed by atoms with Crippen molar-refractivity contribution in [1.29, 1.82) is 0 Å². The quantitative estimate of drug-likeness (QED) is 0.182. The van der Waals surface area contributed by atoms with Gasteiger partial charge >= 0.3 is 0 Å². The van der Waals surface area contributed by atoms with Crippen LogP contribution in [0.1, 0.15) is 15.1 Å². The molecule has 0 aliphatic heterocycles. The summed E-state index contributed by atoms with van der Waals surface area (Å²) in [5.74, 6) is 0.241. The molecule has 0 atom stereocenters. The SMILES string of the molecule is [2H]c1c([2H])c(-c2nc(-c3ccccc3)nc(-c3ccc(-c4ccc(-c5ccccc5)cc4)cc3)n2)c([2H])c(-c2c([2H])c([2H])c3c(oc4c([2H])c([2H])c([2H])c([2H])c43)c2[2H])c1[2H]. The highest BCUT2D eigenvalue weighted by molar-refractivity contribution is 6.05. The number of fused-ring (bicyclic) bond motifs is 3. The van der Waals surface area contributed by atoms with Gasteiger partial charge in [0.2, 0.25) is 0 Å². The van der Waals surface area contributed by atoms with Gasteiger partial charge in [0.15, 0.2) is 17.5 Å². The summed E-state index contributed by atoms with van der Waals surface area (Å²) in [5, 5.41) is -0.364. The predicted octanol–water partition coefficient (Wildman–Crippen LogP) is 11.8. The van der Waals surface area contributed by atoms with E-state index in [0.29, 0.717) is 11.1 Å². The van der Waals surface area contributed by atoms with E-state index in [9.17, 15) is 2.74 Å². The van der Waals surface area contributed by atoms with E-state index in [-0.39, 0.29) is 45.0 Å². The van der Waals surface area contributed by atoms with Crippen molar-refractivity contribution >= 4 is 21.9 Å². The fraction of sp³-hybridized carbons (Fsp3) is 0. The molecule has 0 amide bonds. The van der Waals surface area contributed by atoms with Crippen LogP contribution >= 0.6 is 0 Å². The second-order valence-corrected chi connectivity index (χ2v) is 11.2. The smallest absolute Gasteiger partial charge is 0.164 e. The molecule has 9 aromatic rings. The highest BCUT2D eigenvalue weighted by Gasteiger charge is 2.14. The van der Waals surface area contributed by atoms with Crippen LogP contribution in [-0.2, 0) is 0 Å². The Morgan fingerprint density at radius 3 is 1.47 bits per heavy atom. The first-order valence-electron chi connectivity index (χ1n) is 21.0. The standard InChI is InChI=1S/C45H29N3O/c1-3-10-30(11-4-1)31-18-20-32(21-19-31)33-22-24-35(25-23-33)44-46-43(34-12-5-2-6-13-34)47-45(48-44)38-15-9-14-36(28-38)37-26-27-40-39-16-7-8-17-41(39)49-42(40)29-37/h1-29H/i7D,8D,9D,14D,15D,16D,17D,26D,27D,28D,29D. The van der Waals surface area contributed by atoms with Crippen molar-refractivity contribution in [3.05, 3.63) is 176 Å². The molecule has 2 aromatic heterocycles. The molecule has 0 radical (unpaired) electrons. The molecular formula is C45H29N3O. The predicted molar refractivity (Wildman–Crippen MR) is 200 cm³/mol. The second-order valence-electron chi connectivity index (χ2n) is 11.2. The van der Waals surface area contributed by atoms with Gasteiger partial charge in [0.1, 0.15) is 11.2 Å². The van der Waals surface area contributed by atoms with Crippen LogP contribution < -0.4 is 0 Å². The fourth-order valence-corrected chi connectivity index (χ4v) is 5.63. The van der Waals surface area contributed by atoms with Gasteiger partial charge in [0.25, 0.3) is 0 Å². The molecule has 49 heavy (non-hydrogen) atoms. The lowest BCUT2D eigenvalue weighted by atomic mass is 9.99. The Hall–Kier alpha value is -6.65. The molecule has 9 rings (SSSR count). The van der Waals surface area contributed by atoms with E-state index in [0.717, 1.165) is 22.3 Å². The van der Waals surface area contributed by atoms with Crippen molar-refractivity contribution in [3.63, 3.8) is 0 Å². The summed E-state index contributed by atoms with van der Waals surface area (Å²) in [7, 11) is 0. The van der Waals surface area contributed by atoms with Crippen LogP contribution in [-0.4, -0.2) is 15.0 Å². The molecule has 0 aliphatic rings. The van der Waals surface area contributed by atoms with Crippen molar-refractivity contribution in [2.45, 2.75) is 0 Å². The van der Waals surface area contributed by atoms with E-state index in [1.165, 1.54) is 0 Å². The van der Waals surface area contributed by atoms with Gasteiger partial charge in [0.05, 0.1) is 15.1 Å². The Kier molecular flexibility index (Phi) is 4.78. The lowest BCUT2D eigenvalue weighted by molar-refractivity contribution is 0.669. The fourth-order valence-electron chi connectivity index (χ4n) is 5.63. The van der Waals surface area contributed by atoms with Crippen LogP contribution in [0, 0.1) is 0 Å². The first-order valence-corrected chi connectivity index (χ1v) is 15.5. The minimum Gasteiger partial charge on any atom is -0.456 e. The van der Waals surface area contributed by atoms with Crippen molar-refractivity contribution in [3.8, 4) is 67.5 Å². The average molecular weight is 639 g/mol. The molecule has 0 bridgehead atoms. The van der Waals surface area contributed by atoms with E-state index >= 15 is 0 Å². The number of nitrogens with zero attached hydrogens (tertiary/aromatic N) is 3. The maximum atomic E-state index is 9.46. The Morgan fingerprint density at radius 2 is 0.816 bits per heavy atom. The zero-order valence-electron chi connectivity index (χ0n) is 36.6. The van der Waals surface area contributed by atoms with Gasteiger partial charge in [-0.15, -0.1) is 0 Å². The van der Waals surface area contributed by atoms with Gasteiger partial charge in [-0.05, 0) is 57.6 Å². The van der Waals surface area contributed by atoms with Crippen LogP contribution in [0.4, 0.5) is 0 Å². The second kappa shape index (κ2) is 12.2. The number of aromatic nitrogens is 3. The molecule has 7 aromatic carbocycles. The molecule has 230 valence electrons. The zero-order chi connectivity index (χ0) is 42.1. The normalized spacial score (nSPS) is 14.4. The number of para-hydroxylation sites is 1. The molecule has 0 fully saturated rings. The monoisotopic (exact) mass is 638 g/mol. The average Bonchev–Trinajstić information content (AvgIpc) is 3.69. The number of hydrogen-bond donors (Lipinski definition) is 0. The molecule has 2 heterocycles. The largest absolute Gasteiger partial charge is 0.456 e. The summed E-state index contributed by atoms with van der Waals surface area (Å²) < 4.78 is 102. The first-order chi connectivity index (χ1) is 28.8. The van der Waals surface area contributed by atoms with E-state index in [1.54, 1.807) is 24.3 Å². The molecule has 0 N–H and O–H groups in total. The Balaban J connectivity index is 1.21. The lowest BCUT2D eigenvalue weighted by Gasteiger charge is -2.10. The van der Waals surface area contributed by atoms with Crippen molar-refractivity contribution < 1.29 is 19.5 Å². The van der Waals surface area contributed by atoms with Gasteiger partial charge < -0.3 is 4.42 Å². The van der Waals surface area contributed by atoms with Gasteiger partial charge in [-0.1, -0.05) is 151 Å². The molecule has 0 aliphatic carbocycles. The summed E-state index contributed by atoms with van der Waals surface area (Å²) in [6.07, 6.45) is 0. The third kappa shape index (κ3) is 5.56. The van der Waals surface area contributed by atoms with E-state index in [4.69, 9.17) is 26.7 Å². The van der Waals surface area contributed by atoms with Crippen molar-refractivity contribution in [2.24, 2.45) is 0 Å². The summed E-state index contributed by atoms with van der Waals surface area (Å²) in [4.78, 5) is 14.2. The van der Waals surface area contributed by atoms with Gasteiger partial charge in [-0.25, -0.2) is 15.0 Å². The highest BCUT2D eigenvalue weighted by atomic mass is 16.3. The minimum absolute atomic E-state index is 0.165. The topological polar surface area (TPSA) is 51.8 Å². The molecule has 4 nitrogen and oxygen atoms in total. The summed E-state index contributed by atoms with van der Waals surface area (Å²) in [6, 6.07) is 28.5. The van der Waals surface area contributed by atoms with Crippen LogP contribution in [0.15, 0.2) is 180 Å². The molecule has 4 heteroatoms. The number of furan rings is 1. The van der Waals surface area contributed by atoms with Crippen LogP contribution in [0.2, 0.25) is 0 Å². The van der Waals surface area contributed by atoms with E-state index in [2.05, 4.69) is 29.2 Å². The van der Waals surface area contributed by atoms with Crippen LogP contribution in [0.25, 0.3) is 89.5 Å². The van der Waals surface area contributed by atoms with Gasteiger partial charge in [-0.2, -0.15) is 0 Å². The summed E-state index contributed by atoms with van der Waals surface area (Å²) in [6.45, 7) is 0. The van der Waals surface area contributed by atoms with Crippen LogP contribution in [0.5, 0.6) is 0 Å². The molecule has 0 saturated carbocycles. The molecular weight excluding hydrogens is 599 g/mol. The third-order valence-electron chi connectivity index (χ3n) is 8.12. The van der Waals surface area contributed by atoms with E-state index < -0.39 is 77.6 Å². The van der Waals surface area contributed by atoms with Crippen molar-refractivity contribution in [1.82, 2.24) is 15.0 Å². The van der Waals surface area contributed by atoms with Gasteiger partial charge in [0, 0.05) is 27.5 Å². The number of benzene rings is 7. The number of hydrogen-bond acceptors (Lipinski definition) is 4. The maximum Gasteiger partial charge on any atom is 0.164 e.